The minimum atomic E-state index is -0.372. The van der Waals surface area contributed by atoms with Crippen molar-refractivity contribution in [3.8, 4) is 5.75 Å². The average Bonchev–Trinajstić information content (AvgIpc) is 2.97. The fourth-order valence-corrected chi connectivity index (χ4v) is 6.43. The molecule has 1 aromatic carbocycles. The Morgan fingerprint density at radius 1 is 0.933 bits per heavy atom. The van der Waals surface area contributed by atoms with Crippen molar-refractivity contribution >= 4 is 17.9 Å². The van der Waals surface area contributed by atoms with Crippen molar-refractivity contribution in [3.05, 3.63) is 29.3 Å². The van der Waals surface area contributed by atoms with Gasteiger partial charge in [0, 0.05) is 26.2 Å². The molecule has 1 aromatic rings. The summed E-state index contributed by atoms with van der Waals surface area (Å²) in [7, 11) is 0. The molecule has 6 nitrogen and oxygen atoms in total. The number of hydrogen-bond donors (Lipinski definition) is 0. The van der Waals surface area contributed by atoms with Gasteiger partial charge in [0.1, 0.15) is 18.0 Å². The molecular formula is C24H30O6. The van der Waals surface area contributed by atoms with Crippen molar-refractivity contribution in [2.45, 2.75) is 77.9 Å². The minimum absolute atomic E-state index is 0.0389. The molecule has 0 spiro atoms. The van der Waals surface area contributed by atoms with Crippen LogP contribution in [0, 0.1) is 17.3 Å². The first-order chi connectivity index (χ1) is 14.2. The molecule has 0 N–H and O–H groups in total. The zero-order valence-corrected chi connectivity index (χ0v) is 18.1. The van der Waals surface area contributed by atoms with Crippen LogP contribution in [0.4, 0.5) is 0 Å². The zero-order chi connectivity index (χ0) is 21.6. The summed E-state index contributed by atoms with van der Waals surface area (Å²) in [6, 6.07) is 5.71. The molecule has 3 aliphatic rings. The van der Waals surface area contributed by atoms with Gasteiger partial charge in [-0.3, -0.25) is 14.4 Å². The van der Waals surface area contributed by atoms with Crippen molar-refractivity contribution < 1.29 is 28.6 Å². The quantitative estimate of drug-likeness (QED) is 0.537. The number of benzene rings is 1. The van der Waals surface area contributed by atoms with Gasteiger partial charge in [-0.1, -0.05) is 13.0 Å². The maximum atomic E-state index is 11.8. The first-order valence-corrected chi connectivity index (χ1v) is 10.9. The van der Waals surface area contributed by atoms with E-state index in [2.05, 4.69) is 6.92 Å². The largest absolute Gasteiger partial charge is 0.462 e. The molecule has 0 radical (unpaired) electrons. The number of carbonyl (C=O) groups is 3. The second-order valence-electron chi connectivity index (χ2n) is 9.31. The molecule has 2 fully saturated rings. The molecule has 6 heteroatoms. The fraction of sp³-hybridized carbons (Fsp3) is 0.625. The van der Waals surface area contributed by atoms with Crippen LogP contribution in [0.3, 0.4) is 0 Å². The summed E-state index contributed by atoms with van der Waals surface area (Å²) >= 11 is 0. The zero-order valence-electron chi connectivity index (χ0n) is 18.1. The Hall–Kier alpha value is -2.37. The number of carbonyl (C=O) groups excluding carboxylic acids is 3. The average molecular weight is 414 g/mol. The van der Waals surface area contributed by atoms with E-state index < -0.39 is 0 Å². The van der Waals surface area contributed by atoms with Crippen LogP contribution < -0.4 is 4.74 Å². The fourth-order valence-electron chi connectivity index (χ4n) is 6.43. The highest BCUT2D eigenvalue weighted by Crippen LogP contribution is 2.63. The Balaban J connectivity index is 1.69. The van der Waals surface area contributed by atoms with Crippen molar-refractivity contribution in [1.82, 2.24) is 0 Å². The van der Waals surface area contributed by atoms with Gasteiger partial charge in [0.25, 0.3) is 0 Å². The standard InChI is InChI=1S/C24H30O6/c1-13(25)28-16-5-6-17-18-9-10-24(4)21(7-8-23(24)30-15(3)27)19(18)12-22(20(17)11-16)29-14(2)26/h5-6,11,18-19,21-23H,7-10,12H2,1-4H3/t18-,19-,21-,22+,23+,24+/m1/s1. The molecule has 4 rings (SSSR count). The minimum Gasteiger partial charge on any atom is -0.462 e. The summed E-state index contributed by atoms with van der Waals surface area (Å²) in [6.07, 6.45) is 4.25. The van der Waals surface area contributed by atoms with E-state index in [9.17, 15) is 14.4 Å². The topological polar surface area (TPSA) is 78.9 Å². The van der Waals surface area contributed by atoms with E-state index in [0.717, 1.165) is 37.7 Å². The van der Waals surface area contributed by atoms with Crippen molar-refractivity contribution in [3.63, 3.8) is 0 Å². The summed E-state index contributed by atoms with van der Waals surface area (Å²) < 4.78 is 16.7. The molecule has 0 amide bonds. The van der Waals surface area contributed by atoms with Crippen LogP contribution in [-0.4, -0.2) is 24.0 Å². The highest BCUT2D eigenvalue weighted by molar-refractivity contribution is 5.70. The van der Waals surface area contributed by atoms with Gasteiger partial charge in [0.2, 0.25) is 0 Å². The van der Waals surface area contributed by atoms with E-state index in [1.807, 2.05) is 18.2 Å². The molecule has 6 atom stereocenters. The molecular weight excluding hydrogens is 384 g/mol. The van der Waals surface area contributed by atoms with Crippen LogP contribution in [0.15, 0.2) is 18.2 Å². The van der Waals surface area contributed by atoms with Gasteiger partial charge in [0.15, 0.2) is 0 Å². The number of hydrogen-bond acceptors (Lipinski definition) is 6. The Labute approximate surface area is 177 Å². The Bertz CT molecular complexity index is 876. The maximum Gasteiger partial charge on any atom is 0.308 e. The van der Waals surface area contributed by atoms with E-state index in [1.165, 1.54) is 26.3 Å². The highest BCUT2D eigenvalue weighted by Gasteiger charge is 2.57. The second-order valence-corrected chi connectivity index (χ2v) is 9.31. The third-order valence-electron chi connectivity index (χ3n) is 7.52. The molecule has 0 aromatic heterocycles. The van der Waals surface area contributed by atoms with Crippen LogP contribution in [0.1, 0.15) is 82.9 Å². The third-order valence-corrected chi connectivity index (χ3v) is 7.52. The lowest BCUT2D eigenvalue weighted by atomic mass is 9.55. The van der Waals surface area contributed by atoms with Crippen molar-refractivity contribution in [2.75, 3.05) is 0 Å². The van der Waals surface area contributed by atoms with Gasteiger partial charge in [-0.25, -0.2) is 0 Å². The number of fused-ring (bicyclic) bond motifs is 5. The lowest BCUT2D eigenvalue weighted by Crippen LogP contribution is -2.45. The van der Waals surface area contributed by atoms with E-state index in [4.69, 9.17) is 14.2 Å². The molecule has 0 bridgehead atoms. The molecule has 2 saturated carbocycles. The van der Waals surface area contributed by atoms with Crippen LogP contribution in [0.25, 0.3) is 0 Å². The van der Waals surface area contributed by atoms with Gasteiger partial charge >= 0.3 is 17.9 Å². The van der Waals surface area contributed by atoms with Crippen LogP contribution in [0.2, 0.25) is 0 Å². The molecule has 0 heterocycles. The second kappa shape index (κ2) is 7.71. The van der Waals surface area contributed by atoms with Crippen molar-refractivity contribution in [2.24, 2.45) is 17.3 Å². The van der Waals surface area contributed by atoms with Gasteiger partial charge in [-0.15, -0.1) is 0 Å². The number of ether oxygens (including phenoxy) is 3. The Morgan fingerprint density at radius 2 is 1.67 bits per heavy atom. The van der Waals surface area contributed by atoms with Crippen LogP contribution in [0.5, 0.6) is 5.75 Å². The normalized spacial score (nSPS) is 34.2. The smallest absolute Gasteiger partial charge is 0.308 e. The lowest BCUT2D eigenvalue weighted by Gasteiger charge is -2.51. The van der Waals surface area contributed by atoms with Gasteiger partial charge < -0.3 is 14.2 Å². The van der Waals surface area contributed by atoms with Gasteiger partial charge in [-0.05, 0) is 73.1 Å². The SMILES string of the molecule is CC(=O)Oc1ccc2c(c1)[C@@H](OC(C)=O)C[C@@H]1[C@@H]2CC[C@]2(C)[C@@H](OC(C)=O)CC[C@H]12. The van der Waals surface area contributed by atoms with Crippen molar-refractivity contribution in [1.29, 1.82) is 0 Å². The highest BCUT2D eigenvalue weighted by atomic mass is 16.5. The van der Waals surface area contributed by atoms with E-state index in [1.54, 1.807) is 0 Å². The molecule has 162 valence electrons. The third kappa shape index (κ3) is 3.61. The van der Waals surface area contributed by atoms with Gasteiger partial charge in [0.05, 0.1) is 0 Å². The number of rotatable bonds is 3. The maximum absolute atomic E-state index is 11.8. The predicted molar refractivity (Wildman–Crippen MR) is 109 cm³/mol. The summed E-state index contributed by atoms with van der Waals surface area (Å²) in [5.74, 6) is 0.726. The summed E-state index contributed by atoms with van der Waals surface area (Å²) in [4.78, 5) is 34.9. The first-order valence-electron chi connectivity index (χ1n) is 10.9. The molecule has 3 aliphatic carbocycles. The first kappa shape index (κ1) is 20.9. The summed E-state index contributed by atoms with van der Waals surface area (Å²) in [5.41, 5.74) is 2.10. The van der Waals surface area contributed by atoms with E-state index >= 15 is 0 Å². The molecule has 0 saturated heterocycles. The molecule has 0 unspecified atom stereocenters. The Kier molecular flexibility index (Phi) is 5.37. The monoisotopic (exact) mass is 414 g/mol. The molecule has 30 heavy (non-hydrogen) atoms. The summed E-state index contributed by atoms with van der Waals surface area (Å²) in [6.45, 7) is 6.55. The van der Waals surface area contributed by atoms with Crippen LogP contribution >= 0.6 is 0 Å². The molecule has 0 aliphatic heterocycles. The van der Waals surface area contributed by atoms with Gasteiger partial charge in [-0.2, -0.15) is 0 Å². The number of esters is 3. The predicted octanol–water partition coefficient (Wildman–Crippen LogP) is 4.46. The van der Waals surface area contributed by atoms with E-state index in [0.29, 0.717) is 23.5 Å². The lowest BCUT2D eigenvalue weighted by molar-refractivity contribution is -0.157. The Morgan fingerprint density at radius 3 is 2.33 bits per heavy atom. The summed E-state index contributed by atoms with van der Waals surface area (Å²) in [5, 5.41) is 0. The van der Waals surface area contributed by atoms with E-state index in [-0.39, 0.29) is 35.5 Å². The van der Waals surface area contributed by atoms with Crippen LogP contribution in [-0.2, 0) is 23.9 Å².